The molecule has 1 saturated heterocycles. The fourth-order valence-electron chi connectivity index (χ4n) is 3.13. The van der Waals surface area contributed by atoms with Gasteiger partial charge >= 0.3 is 12.1 Å². The number of nitrogens with zero attached hydrogens (tertiary/aromatic N) is 2. The average molecular weight is 405 g/mol. The number of nitrogens with one attached hydrogen (secondary N) is 1. The number of ether oxygens (including phenoxy) is 2. The number of amides is 1. The van der Waals surface area contributed by atoms with Gasteiger partial charge < -0.3 is 24.8 Å². The van der Waals surface area contributed by atoms with Gasteiger partial charge in [-0.15, -0.1) is 11.3 Å². The Morgan fingerprint density at radius 3 is 2.75 bits per heavy atom. The summed E-state index contributed by atoms with van der Waals surface area (Å²) in [6, 6.07) is 9.29. The minimum atomic E-state index is -1.03. The highest BCUT2D eigenvalue weighted by molar-refractivity contribution is 7.15. The fourth-order valence-corrected chi connectivity index (χ4v) is 4.06. The minimum Gasteiger partial charge on any atom is -0.476 e. The van der Waals surface area contributed by atoms with Gasteiger partial charge in [0.25, 0.3) is 0 Å². The van der Waals surface area contributed by atoms with Crippen LogP contribution in [0.15, 0.2) is 30.3 Å². The minimum absolute atomic E-state index is 0.0821. The van der Waals surface area contributed by atoms with Gasteiger partial charge in [0.05, 0.1) is 12.1 Å². The number of benzene rings is 1. The van der Waals surface area contributed by atoms with Gasteiger partial charge in [-0.25, -0.2) is 14.6 Å². The van der Waals surface area contributed by atoms with Crippen molar-refractivity contribution < 1.29 is 24.2 Å². The third-order valence-electron chi connectivity index (χ3n) is 4.64. The van der Waals surface area contributed by atoms with E-state index in [9.17, 15) is 14.7 Å². The normalized spacial score (nSPS) is 19.3. The van der Waals surface area contributed by atoms with E-state index >= 15 is 0 Å². The Balaban J connectivity index is 1.56. The zero-order valence-corrected chi connectivity index (χ0v) is 16.6. The maximum atomic E-state index is 12.1. The molecule has 2 heterocycles. The quantitative estimate of drug-likeness (QED) is 0.762. The van der Waals surface area contributed by atoms with E-state index in [4.69, 9.17) is 9.47 Å². The van der Waals surface area contributed by atoms with Crippen molar-refractivity contribution in [3.63, 3.8) is 0 Å². The summed E-state index contributed by atoms with van der Waals surface area (Å²) in [7, 11) is 1.59. The van der Waals surface area contributed by atoms with Crippen LogP contribution in [0.2, 0.25) is 0 Å². The lowest BCUT2D eigenvalue weighted by Gasteiger charge is -2.37. The van der Waals surface area contributed by atoms with Gasteiger partial charge in [0.1, 0.15) is 6.61 Å². The summed E-state index contributed by atoms with van der Waals surface area (Å²) < 4.78 is 10.8. The predicted octanol–water partition coefficient (Wildman–Crippen LogP) is 2.67. The number of aromatic nitrogens is 1. The number of piperidine rings is 1. The van der Waals surface area contributed by atoms with E-state index in [0.29, 0.717) is 29.5 Å². The van der Waals surface area contributed by atoms with Gasteiger partial charge in [-0.3, -0.25) is 0 Å². The number of aryl methyl sites for hydroxylation is 1. The Hall–Kier alpha value is -2.65. The molecule has 0 aliphatic carbocycles. The standard InChI is InChI=1S/C19H23N3O5S/c1-12-16(17(23)24)21-18(28-12)22-9-8-14(15(10-22)26-2)20-19(25)27-11-13-6-4-3-5-7-13/h3-7,14-15H,8-11H2,1-2H3,(H,20,25)(H,23,24). The maximum absolute atomic E-state index is 12.1. The van der Waals surface area contributed by atoms with Crippen molar-refractivity contribution in [3.8, 4) is 0 Å². The Morgan fingerprint density at radius 1 is 1.36 bits per heavy atom. The summed E-state index contributed by atoms with van der Waals surface area (Å²) in [6.45, 7) is 3.09. The van der Waals surface area contributed by atoms with Crippen molar-refractivity contribution >= 4 is 28.5 Å². The van der Waals surface area contributed by atoms with Crippen LogP contribution in [0, 0.1) is 6.92 Å². The number of alkyl carbamates (subject to hydrolysis) is 1. The molecule has 2 aromatic rings. The number of aromatic carboxylic acids is 1. The molecule has 2 unspecified atom stereocenters. The molecule has 1 aliphatic rings. The lowest BCUT2D eigenvalue weighted by Crippen LogP contribution is -2.55. The largest absolute Gasteiger partial charge is 0.476 e. The molecule has 1 amide bonds. The lowest BCUT2D eigenvalue weighted by molar-refractivity contribution is 0.0546. The lowest BCUT2D eigenvalue weighted by atomic mass is 10.0. The number of anilines is 1. The van der Waals surface area contributed by atoms with Gasteiger partial charge in [-0.05, 0) is 18.9 Å². The van der Waals surface area contributed by atoms with Crippen molar-refractivity contribution in [2.75, 3.05) is 25.1 Å². The molecule has 1 aliphatic heterocycles. The molecule has 3 rings (SSSR count). The zero-order chi connectivity index (χ0) is 20.1. The van der Waals surface area contributed by atoms with Crippen molar-refractivity contribution in [1.82, 2.24) is 10.3 Å². The number of rotatable bonds is 6. The number of carbonyl (C=O) groups excluding carboxylic acids is 1. The fraction of sp³-hybridized carbons (Fsp3) is 0.421. The molecule has 0 spiro atoms. The van der Waals surface area contributed by atoms with Crippen LogP contribution in [0.1, 0.15) is 27.3 Å². The van der Waals surface area contributed by atoms with E-state index in [1.54, 1.807) is 14.0 Å². The number of methoxy groups -OCH3 is 1. The summed E-state index contributed by atoms with van der Waals surface area (Å²) in [5, 5.41) is 12.7. The number of carboxylic acids is 1. The van der Waals surface area contributed by atoms with E-state index in [-0.39, 0.29) is 24.4 Å². The van der Waals surface area contributed by atoms with E-state index in [0.717, 1.165) is 5.56 Å². The van der Waals surface area contributed by atoms with E-state index in [2.05, 4.69) is 10.3 Å². The van der Waals surface area contributed by atoms with Crippen LogP contribution < -0.4 is 10.2 Å². The summed E-state index contributed by atoms with van der Waals surface area (Å²) in [4.78, 5) is 30.2. The summed E-state index contributed by atoms with van der Waals surface area (Å²) >= 11 is 1.35. The SMILES string of the molecule is COC1CN(c2nc(C(=O)O)c(C)s2)CCC1NC(=O)OCc1ccccc1. The van der Waals surface area contributed by atoms with Crippen LogP contribution in [0.3, 0.4) is 0 Å². The number of hydrogen-bond acceptors (Lipinski definition) is 7. The van der Waals surface area contributed by atoms with E-state index in [1.807, 2.05) is 35.2 Å². The first-order valence-electron chi connectivity index (χ1n) is 8.93. The predicted molar refractivity (Wildman–Crippen MR) is 105 cm³/mol. The molecular formula is C19H23N3O5S. The van der Waals surface area contributed by atoms with Gasteiger partial charge in [0.15, 0.2) is 10.8 Å². The number of thiazole rings is 1. The molecule has 1 aromatic carbocycles. The van der Waals surface area contributed by atoms with E-state index in [1.165, 1.54) is 11.3 Å². The molecule has 1 aromatic heterocycles. The zero-order valence-electron chi connectivity index (χ0n) is 15.8. The van der Waals surface area contributed by atoms with Crippen LogP contribution in [0.4, 0.5) is 9.93 Å². The summed E-state index contributed by atoms with van der Waals surface area (Å²) in [5.41, 5.74) is 1.00. The molecule has 150 valence electrons. The first kappa shape index (κ1) is 20.1. The molecule has 1 fully saturated rings. The topological polar surface area (TPSA) is 101 Å². The molecule has 28 heavy (non-hydrogen) atoms. The first-order valence-corrected chi connectivity index (χ1v) is 9.75. The number of carboxylic acid groups (broad SMARTS) is 1. The monoisotopic (exact) mass is 405 g/mol. The van der Waals surface area contributed by atoms with Gasteiger partial charge in [-0.2, -0.15) is 0 Å². The molecule has 0 radical (unpaired) electrons. The molecule has 8 nitrogen and oxygen atoms in total. The second-order valence-corrected chi connectivity index (χ2v) is 7.71. The maximum Gasteiger partial charge on any atom is 0.407 e. The second-order valence-electron chi connectivity index (χ2n) is 6.53. The third kappa shape index (κ3) is 4.79. The van der Waals surface area contributed by atoms with Crippen molar-refractivity contribution in [3.05, 3.63) is 46.5 Å². The van der Waals surface area contributed by atoms with Crippen LogP contribution in [0.5, 0.6) is 0 Å². The molecule has 2 N–H and O–H groups in total. The first-order chi connectivity index (χ1) is 13.5. The van der Waals surface area contributed by atoms with Crippen LogP contribution >= 0.6 is 11.3 Å². The third-order valence-corrected chi connectivity index (χ3v) is 5.67. The Morgan fingerprint density at radius 2 is 2.11 bits per heavy atom. The van der Waals surface area contributed by atoms with Crippen LogP contribution in [0.25, 0.3) is 0 Å². The van der Waals surface area contributed by atoms with Crippen molar-refractivity contribution in [2.24, 2.45) is 0 Å². The van der Waals surface area contributed by atoms with Gasteiger partial charge in [-0.1, -0.05) is 30.3 Å². The van der Waals surface area contributed by atoms with Gasteiger partial charge in [0.2, 0.25) is 0 Å². The smallest absolute Gasteiger partial charge is 0.407 e. The molecule has 0 saturated carbocycles. The summed E-state index contributed by atoms with van der Waals surface area (Å²) in [6.07, 6.45) is -0.0990. The van der Waals surface area contributed by atoms with Crippen molar-refractivity contribution in [2.45, 2.75) is 32.1 Å². The Kier molecular flexibility index (Phi) is 6.48. The highest BCUT2D eigenvalue weighted by Crippen LogP contribution is 2.28. The molecule has 0 bridgehead atoms. The van der Waals surface area contributed by atoms with E-state index < -0.39 is 12.1 Å². The number of hydrogen-bond donors (Lipinski definition) is 2. The van der Waals surface area contributed by atoms with Crippen LogP contribution in [-0.2, 0) is 16.1 Å². The number of carbonyl (C=O) groups is 2. The Bertz CT molecular complexity index is 826. The summed E-state index contributed by atoms with van der Waals surface area (Å²) in [5.74, 6) is -1.03. The highest BCUT2D eigenvalue weighted by Gasteiger charge is 2.32. The molecule has 2 atom stereocenters. The van der Waals surface area contributed by atoms with Crippen LogP contribution in [-0.4, -0.2) is 54.5 Å². The van der Waals surface area contributed by atoms with Gasteiger partial charge in [0, 0.05) is 25.1 Å². The van der Waals surface area contributed by atoms with Crippen molar-refractivity contribution in [1.29, 1.82) is 0 Å². The highest BCUT2D eigenvalue weighted by atomic mass is 32.1. The average Bonchev–Trinajstić information content (AvgIpc) is 3.09. The second kappa shape index (κ2) is 9.03. The molecule has 9 heteroatoms. The molecular weight excluding hydrogens is 382 g/mol. The Labute approximate surface area is 167 Å².